The van der Waals surface area contributed by atoms with Crippen LogP contribution in [0.1, 0.15) is 22.7 Å². The maximum absolute atomic E-state index is 12.7. The third-order valence-corrected chi connectivity index (χ3v) is 5.99. The van der Waals surface area contributed by atoms with E-state index in [1.807, 2.05) is 31.2 Å². The van der Waals surface area contributed by atoms with Crippen molar-refractivity contribution in [3.8, 4) is 0 Å². The van der Waals surface area contributed by atoms with Gasteiger partial charge in [-0.15, -0.1) is 0 Å². The number of fused-ring (bicyclic) bond motifs is 2. The highest BCUT2D eigenvalue weighted by atomic mass is 16.5. The number of ether oxygens (including phenoxy) is 1. The second-order valence-corrected chi connectivity index (χ2v) is 7.95. The standard InChI is InChI=1S/C22H25N7O3/c1-14-17(27-22(31)23-6-7-28-8-10-32-11-9-28)12-29-20(14)19(24-13-25-29)18-15-4-2-3-5-16(15)26-21(18)30/h2-5,12-13,18H,6-11H2,1H3,(H,26,30)(H2,23,27,31). The average Bonchev–Trinajstić information content (AvgIpc) is 3.30. The maximum atomic E-state index is 12.7. The largest absolute Gasteiger partial charge is 0.379 e. The van der Waals surface area contributed by atoms with Crippen molar-refractivity contribution in [2.24, 2.45) is 0 Å². The summed E-state index contributed by atoms with van der Waals surface area (Å²) in [5, 5.41) is 13.0. The zero-order chi connectivity index (χ0) is 22.1. The Morgan fingerprint density at radius 3 is 2.94 bits per heavy atom. The molecule has 1 saturated heterocycles. The molecule has 10 nitrogen and oxygen atoms in total. The molecule has 166 valence electrons. The Morgan fingerprint density at radius 2 is 2.09 bits per heavy atom. The number of anilines is 2. The van der Waals surface area contributed by atoms with Gasteiger partial charge in [-0.05, 0) is 18.6 Å². The van der Waals surface area contributed by atoms with Crippen molar-refractivity contribution >= 4 is 28.8 Å². The van der Waals surface area contributed by atoms with Crippen LogP contribution in [0.25, 0.3) is 5.52 Å². The van der Waals surface area contributed by atoms with E-state index in [4.69, 9.17) is 4.74 Å². The fraction of sp³-hybridized carbons (Fsp3) is 0.364. The van der Waals surface area contributed by atoms with Crippen molar-refractivity contribution in [3.05, 3.63) is 53.6 Å². The van der Waals surface area contributed by atoms with Gasteiger partial charge in [0.2, 0.25) is 5.91 Å². The van der Waals surface area contributed by atoms with Crippen molar-refractivity contribution in [2.45, 2.75) is 12.8 Å². The maximum Gasteiger partial charge on any atom is 0.319 e. The first-order valence-electron chi connectivity index (χ1n) is 10.7. The van der Waals surface area contributed by atoms with Crippen LogP contribution in [0.15, 0.2) is 36.8 Å². The van der Waals surface area contributed by atoms with Crippen molar-refractivity contribution in [3.63, 3.8) is 0 Å². The van der Waals surface area contributed by atoms with Gasteiger partial charge in [0.1, 0.15) is 12.2 Å². The number of hydrogen-bond donors (Lipinski definition) is 3. The lowest BCUT2D eigenvalue weighted by atomic mass is 9.95. The Labute approximate surface area is 184 Å². The monoisotopic (exact) mass is 435 g/mol. The van der Waals surface area contributed by atoms with Gasteiger partial charge in [0.05, 0.1) is 36.3 Å². The summed E-state index contributed by atoms with van der Waals surface area (Å²) in [4.78, 5) is 31.9. The van der Waals surface area contributed by atoms with Gasteiger partial charge in [0, 0.05) is 37.4 Å². The zero-order valence-electron chi connectivity index (χ0n) is 17.8. The van der Waals surface area contributed by atoms with E-state index in [1.54, 1.807) is 10.7 Å². The molecule has 1 fully saturated rings. The molecule has 0 saturated carbocycles. The summed E-state index contributed by atoms with van der Waals surface area (Å²) in [6.07, 6.45) is 3.18. The molecule has 3 N–H and O–H groups in total. The molecule has 3 amide bonds. The van der Waals surface area contributed by atoms with E-state index >= 15 is 0 Å². The molecule has 0 bridgehead atoms. The van der Waals surface area contributed by atoms with Gasteiger partial charge in [-0.25, -0.2) is 14.3 Å². The number of hydrogen-bond acceptors (Lipinski definition) is 6. The van der Waals surface area contributed by atoms with E-state index in [0.29, 0.717) is 23.4 Å². The summed E-state index contributed by atoms with van der Waals surface area (Å²) in [6.45, 7) is 6.44. The number of nitrogens with one attached hydrogen (secondary N) is 3. The van der Waals surface area contributed by atoms with Gasteiger partial charge in [0.25, 0.3) is 0 Å². The summed E-state index contributed by atoms with van der Waals surface area (Å²) in [5.74, 6) is -0.650. The third-order valence-electron chi connectivity index (χ3n) is 5.99. The normalized spacial score (nSPS) is 18.4. The van der Waals surface area contributed by atoms with Crippen LogP contribution in [0.4, 0.5) is 16.2 Å². The Balaban J connectivity index is 1.34. The Kier molecular flexibility index (Phi) is 5.46. The van der Waals surface area contributed by atoms with Crippen LogP contribution >= 0.6 is 0 Å². The molecule has 10 heteroatoms. The van der Waals surface area contributed by atoms with Gasteiger partial charge >= 0.3 is 6.03 Å². The fourth-order valence-electron chi connectivity index (χ4n) is 4.32. The summed E-state index contributed by atoms with van der Waals surface area (Å²) in [7, 11) is 0. The number of aryl methyl sites for hydroxylation is 1. The first-order valence-corrected chi connectivity index (χ1v) is 10.7. The molecule has 1 atom stereocenters. The number of amides is 3. The van der Waals surface area contributed by atoms with Crippen LogP contribution in [0.2, 0.25) is 0 Å². The zero-order valence-corrected chi connectivity index (χ0v) is 17.8. The quantitative estimate of drug-likeness (QED) is 0.561. The minimum absolute atomic E-state index is 0.122. The molecule has 2 aliphatic rings. The smallest absolute Gasteiger partial charge is 0.319 e. The minimum Gasteiger partial charge on any atom is -0.379 e. The van der Waals surface area contributed by atoms with Crippen LogP contribution in [0.3, 0.4) is 0 Å². The molecule has 3 aromatic rings. The molecule has 2 aromatic heterocycles. The molecular formula is C22H25N7O3. The molecule has 5 rings (SSSR count). The van der Waals surface area contributed by atoms with Gasteiger partial charge in [-0.3, -0.25) is 9.69 Å². The number of aromatic nitrogens is 3. The first kappa shape index (κ1) is 20.4. The minimum atomic E-state index is -0.527. The first-order chi connectivity index (χ1) is 15.6. The van der Waals surface area contributed by atoms with Crippen molar-refractivity contribution < 1.29 is 14.3 Å². The molecule has 1 aromatic carbocycles. The molecule has 32 heavy (non-hydrogen) atoms. The van der Waals surface area contributed by atoms with E-state index in [2.05, 4.69) is 30.9 Å². The number of carbonyl (C=O) groups is 2. The predicted molar refractivity (Wildman–Crippen MR) is 119 cm³/mol. The van der Waals surface area contributed by atoms with Gasteiger partial charge in [0.15, 0.2) is 0 Å². The molecule has 0 spiro atoms. The third kappa shape index (κ3) is 3.78. The van der Waals surface area contributed by atoms with Crippen molar-refractivity contribution in [1.29, 1.82) is 0 Å². The highest BCUT2D eigenvalue weighted by Gasteiger charge is 2.35. The van der Waals surface area contributed by atoms with Crippen molar-refractivity contribution in [1.82, 2.24) is 24.8 Å². The SMILES string of the molecule is Cc1c(NC(=O)NCCN2CCOCC2)cn2ncnc(C3C(=O)Nc4ccccc43)c12. The van der Waals surface area contributed by atoms with E-state index in [0.717, 1.165) is 49.7 Å². The van der Waals surface area contributed by atoms with Crippen LogP contribution < -0.4 is 16.0 Å². The predicted octanol–water partition coefficient (Wildman–Crippen LogP) is 1.58. The Morgan fingerprint density at radius 1 is 1.28 bits per heavy atom. The van der Waals surface area contributed by atoms with Crippen LogP contribution in [-0.4, -0.2) is 70.8 Å². The summed E-state index contributed by atoms with van der Waals surface area (Å²) < 4.78 is 7.00. The lowest BCUT2D eigenvalue weighted by Gasteiger charge is -2.26. The highest BCUT2D eigenvalue weighted by Crippen LogP contribution is 2.39. The second-order valence-electron chi connectivity index (χ2n) is 7.95. The van der Waals surface area contributed by atoms with Gasteiger partial charge in [-0.2, -0.15) is 5.10 Å². The lowest BCUT2D eigenvalue weighted by molar-refractivity contribution is -0.116. The number of rotatable bonds is 5. The van der Waals surface area contributed by atoms with E-state index in [-0.39, 0.29) is 11.9 Å². The molecule has 2 aliphatic heterocycles. The average molecular weight is 435 g/mol. The summed E-state index contributed by atoms with van der Waals surface area (Å²) in [6, 6.07) is 7.32. The number of para-hydroxylation sites is 1. The van der Waals surface area contributed by atoms with Crippen LogP contribution in [-0.2, 0) is 9.53 Å². The molecule has 0 aliphatic carbocycles. The number of morpholine rings is 1. The molecule has 4 heterocycles. The number of nitrogens with zero attached hydrogens (tertiary/aromatic N) is 4. The van der Waals surface area contributed by atoms with E-state index < -0.39 is 5.92 Å². The van der Waals surface area contributed by atoms with Crippen LogP contribution in [0, 0.1) is 6.92 Å². The van der Waals surface area contributed by atoms with Crippen molar-refractivity contribution in [2.75, 3.05) is 50.0 Å². The number of carbonyl (C=O) groups excluding carboxylic acids is 2. The summed E-state index contributed by atoms with van der Waals surface area (Å²) in [5.41, 5.74) is 4.44. The Bertz CT molecular complexity index is 1170. The Hall–Kier alpha value is -3.50. The van der Waals surface area contributed by atoms with E-state index in [9.17, 15) is 9.59 Å². The van der Waals surface area contributed by atoms with E-state index in [1.165, 1.54) is 6.33 Å². The number of benzene rings is 1. The number of urea groups is 1. The van der Waals surface area contributed by atoms with Crippen LogP contribution in [0.5, 0.6) is 0 Å². The highest BCUT2D eigenvalue weighted by molar-refractivity contribution is 6.06. The van der Waals surface area contributed by atoms with Gasteiger partial charge < -0.3 is 20.7 Å². The molecule has 0 radical (unpaired) electrons. The fourth-order valence-corrected chi connectivity index (χ4v) is 4.32. The molecule has 1 unspecified atom stereocenters. The second kappa shape index (κ2) is 8.56. The van der Waals surface area contributed by atoms with Gasteiger partial charge in [-0.1, -0.05) is 18.2 Å². The lowest BCUT2D eigenvalue weighted by Crippen LogP contribution is -2.42. The summed E-state index contributed by atoms with van der Waals surface area (Å²) >= 11 is 0. The topological polar surface area (TPSA) is 113 Å². The molecular weight excluding hydrogens is 410 g/mol.